The third-order valence-electron chi connectivity index (χ3n) is 4.53. The van der Waals surface area contributed by atoms with Gasteiger partial charge in [-0.2, -0.15) is 0 Å². The summed E-state index contributed by atoms with van der Waals surface area (Å²) in [5.41, 5.74) is 2.32. The quantitative estimate of drug-likeness (QED) is 0.776. The van der Waals surface area contributed by atoms with Crippen molar-refractivity contribution >= 4 is 23.6 Å². The lowest BCUT2D eigenvalue weighted by atomic mass is 10.1. The largest absolute Gasteiger partial charge is 0.459 e. The molecule has 1 atom stereocenters. The van der Waals surface area contributed by atoms with Crippen LogP contribution in [0.4, 0.5) is 0 Å². The zero-order valence-corrected chi connectivity index (χ0v) is 16.2. The van der Waals surface area contributed by atoms with E-state index < -0.39 is 0 Å². The lowest BCUT2D eigenvalue weighted by Crippen LogP contribution is -2.43. The maximum absolute atomic E-state index is 12.6. The summed E-state index contributed by atoms with van der Waals surface area (Å²) in [6.45, 7) is 6.98. The maximum Gasteiger partial charge on any atom is 0.289 e. The fourth-order valence-electron chi connectivity index (χ4n) is 3.05. The summed E-state index contributed by atoms with van der Waals surface area (Å²) >= 11 is 1.64. The van der Waals surface area contributed by atoms with Gasteiger partial charge >= 0.3 is 0 Å². The van der Waals surface area contributed by atoms with E-state index in [9.17, 15) is 9.59 Å². The first-order chi connectivity index (χ1) is 12.5. The van der Waals surface area contributed by atoms with E-state index in [2.05, 4.69) is 31.2 Å². The normalized spacial score (nSPS) is 17.2. The highest BCUT2D eigenvalue weighted by Gasteiger charge is 2.33. The number of furan rings is 1. The predicted octanol–water partition coefficient (Wildman–Crippen LogP) is 3.71. The van der Waals surface area contributed by atoms with Crippen molar-refractivity contribution in [1.82, 2.24) is 9.80 Å². The molecule has 1 aromatic heterocycles. The van der Waals surface area contributed by atoms with E-state index in [1.807, 2.05) is 18.7 Å². The van der Waals surface area contributed by atoms with E-state index in [0.29, 0.717) is 24.6 Å². The zero-order valence-electron chi connectivity index (χ0n) is 15.3. The molecule has 1 unspecified atom stereocenters. The van der Waals surface area contributed by atoms with E-state index in [0.717, 1.165) is 5.56 Å². The van der Waals surface area contributed by atoms with Gasteiger partial charge in [-0.1, -0.05) is 29.8 Å². The van der Waals surface area contributed by atoms with Gasteiger partial charge in [0.25, 0.3) is 5.91 Å². The average Bonchev–Trinajstić information content (AvgIpc) is 3.26. The molecule has 138 valence electrons. The van der Waals surface area contributed by atoms with Crippen LogP contribution in [0.15, 0.2) is 47.1 Å². The van der Waals surface area contributed by atoms with Crippen molar-refractivity contribution in [3.63, 3.8) is 0 Å². The van der Waals surface area contributed by atoms with Crippen LogP contribution < -0.4 is 0 Å². The Balaban J connectivity index is 1.71. The lowest BCUT2D eigenvalue weighted by Gasteiger charge is -2.30. The highest BCUT2D eigenvalue weighted by Crippen LogP contribution is 2.38. The molecule has 0 spiro atoms. The predicted molar refractivity (Wildman–Crippen MR) is 103 cm³/mol. The SMILES string of the molecule is Cc1ccc(C2SCC(=O)N2CCN(C(=O)c2ccco2)C(C)C)cc1. The molecule has 6 heteroatoms. The summed E-state index contributed by atoms with van der Waals surface area (Å²) in [4.78, 5) is 28.7. The Morgan fingerprint density at radius 3 is 2.65 bits per heavy atom. The molecule has 1 aliphatic rings. The van der Waals surface area contributed by atoms with Crippen LogP contribution in [0.1, 0.15) is 40.9 Å². The smallest absolute Gasteiger partial charge is 0.289 e. The first-order valence-electron chi connectivity index (χ1n) is 8.79. The molecule has 5 nitrogen and oxygen atoms in total. The molecule has 1 aromatic carbocycles. The molecule has 0 saturated carbocycles. The van der Waals surface area contributed by atoms with Crippen LogP contribution in [0.3, 0.4) is 0 Å². The number of nitrogens with zero attached hydrogens (tertiary/aromatic N) is 2. The second-order valence-electron chi connectivity index (χ2n) is 6.73. The molecule has 2 aromatic rings. The third-order valence-corrected chi connectivity index (χ3v) is 5.78. The summed E-state index contributed by atoms with van der Waals surface area (Å²) in [7, 11) is 0. The molecule has 2 amide bonds. The molecular weight excluding hydrogens is 348 g/mol. The Hall–Kier alpha value is -2.21. The van der Waals surface area contributed by atoms with Crippen LogP contribution in [-0.2, 0) is 4.79 Å². The van der Waals surface area contributed by atoms with Crippen molar-refractivity contribution in [1.29, 1.82) is 0 Å². The van der Waals surface area contributed by atoms with Crippen LogP contribution >= 0.6 is 11.8 Å². The van der Waals surface area contributed by atoms with Crippen LogP contribution in [0.25, 0.3) is 0 Å². The van der Waals surface area contributed by atoms with Crippen molar-refractivity contribution in [2.45, 2.75) is 32.2 Å². The minimum absolute atomic E-state index is 0.0100. The highest BCUT2D eigenvalue weighted by molar-refractivity contribution is 8.00. The van der Waals surface area contributed by atoms with Gasteiger partial charge in [-0.15, -0.1) is 11.8 Å². The second kappa shape index (κ2) is 7.99. The summed E-state index contributed by atoms with van der Waals surface area (Å²) in [5.74, 6) is 0.786. The topological polar surface area (TPSA) is 53.8 Å². The summed E-state index contributed by atoms with van der Waals surface area (Å²) < 4.78 is 5.25. The molecule has 0 N–H and O–H groups in total. The van der Waals surface area contributed by atoms with Crippen molar-refractivity contribution in [2.75, 3.05) is 18.8 Å². The van der Waals surface area contributed by atoms with E-state index in [1.165, 1.54) is 11.8 Å². The Labute approximate surface area is 158 Å². The van der Waals surface area contributed by atoms with Gasteiger partial charge in [-0.25, -0.2) is 0 Å². The van der Waals surface area contributed by atoms with Crippen molar-refractivity contribution < 1.29 is 14.0 Å². The Morgan fingerprint density at radius 2 is 2.04 bits per heavy atom. The number of aryl methyl sites for hydroxylation is 1. The molecule has 0 radical (unpaired) electrons. The molecule has 1 aliphatic heterocycles. The first-order valence-corrected chi connectivity index (χ1v) is 9.84. The van der Waals surface area contributed by atoms with Gasteiger partial charge in [0.15, 0.2) is 5.76 Å². The first kappa shape index (κ1) is 18.6. The summed E-state index contributed by atoms with van der Waals surface area (Å²) in [5, 5.41) is 0.0100. The van der Waals surface area contributed by atoms with Crippen LogP contribution in [0.2, 0.25) is 0 Å². The standard InChI is InChI=1S/C20H24N2O3S/c1-14(2)21(19(24)17-5-4-12-25-17)10-11-22-18(23)13-26-20(22)16-8-6-15(3)7-9-16/h4-9,12,14,20H,10-11,13H2,1-3H3. The fraction of sp³-hybridized carbons (Fsp3) is 0.400. The van der Waals surface area contributed by atoms with E-state index in [1.54, 1.807) is 28.8 Å². The van der Waals surface area contributed by atoms with E-state index in [4.69, 9.17) is 4.42 Å². The summed E-state index contributed by atoms with van der Waals surface area (Å²) in [6, 6.07) is 11.7. The number of thioether (sulfide) groups is 1. The molecule has 1 fully saturated rings. The summed E-state index contributed by atoms with van der Waals surface area (Å²) in [6.07, 6.45) is 1.50. The van der Waals surface area contributed by atoms with Gasteiger partial charge in [0.2, 0.25) is 5.91 Å². The molecule has 2 heterocycles. The van der Waals surface area contributed by atoms with Crippen molar-refractivity contribution in [2.24, 2.45) is 0 Å². The molecule has 3 rings (SSSR count). The minimum atomic E-state index is -0.142. The zero-order chi connectivity index (χ0) is 18.7. The van der Waals surface area contributed by atoms with Crippen molar-refractivity contribution in [3.05, 3.63) is 59.5 Å². The number of benzene rings is 1. The number of hydrogen-bond donors (Lipinski definition) is 0. The number of carbonyl (C=O) groups is 2. The average molecular weight is 372 g/mol. The van der Waals surface area contributed by atoms with Gasteiger partial charge < -0.3 is 14.2 Å². The highest BCUT2D eigenvalue weighted by atomic mass is 32.2. The van der Waals surface area contributed by atoms with E-state index >= 15 is 0 Å². The molecular formula is C20H24N2O3S. The van der Waals surface area contributed by atoms with Crippen LogP contribution in [0, 0.1) is 6.92 Å². The van der Waals surface area contributed by atoms with Crippen LogP contribution in [0.5, 0.6) is 0 Å². The van der Waals surface area contributed by atoms with Gasteiger partial charge in [0.05, 0.1) is 12.0 Å². The van der Waals surface area contributed by atoms with E-state index in [-0.39, 0.29) is 23.2 Å². The monoisotopic (exact) mass is 372 g/mol. The van der Waals surface area contributed by atoms with Crippen molar-refractivity contribution in [3.8, 4) is 0 Å². The second-order valence-corrected chi connectivity index (χ2v) is 7.80. The Bertz CT molecular complexity index is 756. The number of carbonyl (C=O) groups excluding carboxylic acids is 2. The Morgan fingerprint density at radius 1 is 1.31 bits per heavy atom. The maximum atomic E-state index is 12.6. The molecule has 1 saturated heterocycles. The number of rotatable bonds is 6. The van der Waals surface area contributed by atoms with Gasteiger partial charge in [-0.3, -0.25) is 9.59 Å². The minimum Gasteiger partial charge on any atom is -0.459 e. The van der Waals surface area contributed by atoms with Gasteiger partial charge in [0, 0.05) is 19.1 Å². The van der Waals surface area contributed by atoms with Crippen LogP contribution in [-0.4, -0.2) is 46.5 Å². The lowest BCUT2D eigenvalue weighted by molar-refractivity contribution is -0.128. The molecule has 0 aliphatic carbocycles. The van der Waals surface area contributed by atoms with Gasteiger partial charge in [-0.05, 0) is 38.5 Å². The third kappa shape index (κ3) is 3.96. The number of amides is 2. The van der Waals surface area contributed by atoms with Gasteiger partial charge in [0.1, 0.15) is 5.37 Å². The number of hydrogen-bond acceptors (Lipinski definition) is 4. The fourth-order valence-corrected chi connectivity index (χ4v) is 4.27. The molecule has 0 bridgehead atoms. The molecule has 26 heavy (non-hydrogen) atoms. The Kier molecular flexibility index (Phi) is 5.71.